The van der Waals surface area contributed by atoms with Crippen LogP contribution in [-0.2, 0) is 4.74 Å². The Labute approximate surface area is 128 Å². The fourth-order valence-electron chi connectivity index (χ4n) is 2.59. The van der Waals surface area contributed by atoms with Crippen LogP contribution in [0, 0.1) is 0 Å². The number of hydrogen-bond donors (Lipinski definition) is 0. The van der Waals surface area contributed by atoms with Crippen molar-refractivity contribution in [3.8, 4) is 0 Å². The second kappa shape index (κ2) is 6.74. The zero-order chi connectivity index (χ0) is 14.7. The smallest absolute Gasteiger partial charge is 0.351 e. The monoisotopic (exact) mass is 317 g/mol. The van der Waals surface area contributed by atoms with E-state index in [9.17, 15) is 4.79 Å². The molecule has 1 aromatic heterocycles. The second-order valence-electron chi connectivity index (χ2n) is 4.91. The van der Waals surface area contributed by atoms with Crippen LogP contribution in [0.1, 0.15) is 29.4 Å². The van der Waals surface area contributed by atoms with Crippen LogP contribution in [0.25, 0.3) is 0 Å². The third-order valence-electron chi connectivity index (χ3n) is 3.66. The van der Waals surface area contributed by atoms with Gasteiger partial charge in [0.1, 0.15) is 0 Å². The number of ether oxygens (including phenoxy) is 1. The molecule has 0 radical (unpaired) electrons. The van der Waals surface area contributed by atoms with Crippen LogP contribution in [0.4, 0.5) is 5.13 Å². The van der Waals surface area contributed by atoms with Crippen molar-refractivity contribution in [1.29, 1.82) is 0 Å². The van der Waals surface area contributed by atoms with Crippen LogP contribution >= 0.6 is 22.9 Å². The number of anilines is 1. The molecule has 1 fully saturated rings. The zero-order valence-corrected chi connectivity index (χ0v) is 13.6. The lowest BCUT2D eigenvalue weighted by Crippen LogP contribution is -2.38. The molecule has 1 aromatic rings. The summed E-state index contributed by atoms with van der Waals surface area (Å²) >= 11 is 7.28. The third kappa shape index (κ3) is 3.24. The van der Waals surface area contributed by atoms with Gasteiger partial charge in [-0.25, -0.2) is 9.78 Å². The van der Waals surface area contributed by atoms with Crippen LogP contribution in [0.3, 0.4) is 0 Å². The molecule has 0 aliphatic carbocycles. The Hall–Kier alpha value is -0.850. The molecular formula is C13H20ClN3O2S. The van der Waals surface area contributed by atoms with Gasteiger partial charge in [0, 0.05) is 19.6 Å². The van der Waals surface area contributed by atoms with Gasteiger partial charge >= 0.3 is 5.97 Å². The Morgan fingerprint density at radius 3 is 3.05 bits per heavy atom. The topological polar surface area (TPSA) is 45.7 Å². The van der Waals surface area contributed by atoms with Crippen molar-refractivity contribution >= 4 is 34.0 Å². The maximum absolute atomic E-state index is 11.6. The normalized spacial score (nSPS) is 19.3. The van der Waals surface area contributed by atoms with E-state index >= 15 is 0 Å². The number of carbonyl (C=O) groups excluding carboxylic acids is 1. The molecule has 1 atom stereocenters. The number of nitrogens with zero attached hydrogens (tertiary/aromatic N) is 3. The van der Waals surface area contributed by atoms with Gasteiger partial charge in [0.05, 0.1) is 7.11 Å². The van der Waals surface area contributed by atoms with Crippen molar-refractivity contribution in [3.63, 3.8) is 0 Å². The third-order valence-corrected chi connectivity index (χ3v) is 5.20. The van der Waals surface area contributed by atoms with Gasteiger partial charge in [-0.15, -0.1) is 0 Å². The van der Waals surface area contributed by atoms with Crippen LogP contribution in [0.5, 0.6) is 0 Å². The zero-order valence-electron chi connectivity index (χ0n) is 12.1. The number of hydrogen-bond acceptors (Lipinski definition) is 6. The van der Waals surface area contributed by atoms with E-state index in [1.54, 1.807) is 0 Å². The summed E-state index contributed by atoms with van der Waals surface area (Å²) in [7, 11) is 3.34. The largest absolute Gasteiger partial charge is 0.465 e. The van der Waals surface area contributed by atoms with Gasteiger partial charge in [0.15, 0.2) is 15.2 Å². The lowest BCUT2D eigenvalue weighted by Gasteiger charge is -2.27. The standard InChI is InChI=1S/C13H20ClN3O2S/c1-4-17-7-5-6-9(17)8-16(2)13-15-11(14)10(20-13)12(18)19-3/h9H,4-8H2,1-3H3. The molecule has 1 saturated heterocycles. The highest BCUT2D eigenvalue weighted by molar-refractivity contribution is 7.18. The Bertz CT molecular complexity index is 480. The molecule has 0 aromatic carbocycles. The van der Waals surface area contributed by atoms with Crippen molar-refractivity contribution in [1.82, 2.24) is 9.88 Å². The van der Waals surface area contributed by atoms with Crippen LogP contribution in [-0.4, -0.2) is 55.7 Å². The number of rotatable bonds is 5. The Morgan fingerprint density at radius 2 is 2.40 bits per heavy atom. The van der Waals surface area contributed by atoms with Crippen molar-refractivity contribution in [2.75, 3.05) is 38.7 Å². The maximum atomic E-state index is 11.6. The number of methoxy groups -OCH3 is 1. The molecule has 0 N–H and O–H groups in total. The van der Waals surface area contributed by atoms with E-state index in [1.807, 2.05) is 7.05 Å². The van der Waals surface area contributed by atoms with Gasteiger partial charge in [-0.3, -0.25) is 4.90 Å². The first-order valence-corrected chi connectivity index (χ1v) is 7.96. The van der Waals surface area contributed by atoms with Crippen LogP contribution in [0.2, 0.25) is 5.15 Å². The van der Waals surface area contributed by atoms with E-state index in [4.69, 9.17) is 16.3 Å². The first-order valence-electron chi connectivity index (χ1n) is 6.76. The minimum atomic E-state index is -0.428. The lowest BCUT2D eigenvalue weighted by atomic mass is 10.2. The van der Waals surface area contributed by atoms with E-state index < -0.39 is 5.97 Å². The molecule has 0 bridgehead atoms. The predicted molar refractivity (Wildman–Crippen MR) is 82.0 cm³/mol. The molecule has 20 heavy (non-hydrogen) atoms. The minimum absolute atomic E-state index is 0.225. The number of carbonyl (C=O) groups is 1. The molecule has 2 rings (SSSR count). The number of halogens is 1. The molecule has 2 heterocycles. The number of esters is 1. The molecule has 0 amide bonds. The van der Waals surface area contributed by atoms with Crippen molar-refractivity contribution in [2.45, 2.75) is 25.8 Å². The second-order valence-corrected chi connectivity index (χ2v) is 6.25. The van der Waals surface area contributed by atoms with E-state index in [0.29, 0.717) is 10.9 Å². The van der Waals surface area contributed by atoms with Gasteiger partial charge in [0.2, 0.25) is 0 Å². The summed E-state index contributed by atoms with van der Waals surface area (Å²) in [6, 6.07) is 0.550. The molecule has 112 valence electrons. The predicted octanol–water partition coefficient (Wildman–Crippen LogP) is 2.50. The molecule has 5 nitrogen and oxygen atoms in total. The van der Waals surface area contributed by atoms with Crippen molar-refractivity contribution in [3.05, 3.63) is 10.0 Å². The molecule has 1 aliphatic rings. The summed E-state index contributed by atoms with van der Waals surface area (Å²) in [6.07, 6.45) is 2.46. The fraction of sp³-hybridized carbons (Fsp3) is 0.692. The summed E-state index contributed by atoms with van der Waals surface area (Å²) in [5.41, 5.74) is 0. The summed E-state index contributed by atoms with van der Waals surface area (Å²) in [5, 5.41) is 0.987. The van der Waals surface area contributed by atoms with Gasteiger partial charge in [-0.2, -0.15) is 0 Å². The Balaban J connectivity index is 2.06. The molecular weight excluding hydrogens is 298 g/mol. The molecule has 7 heteroatoms. The van der Waals surface area contributed by atoms with Gasteiger partial charge in [-0.1, -0.05) is 29.9 Å². The first-order chi connectivity index (χ1) is 9.56. The fourth-order valence-corrected chi connectivity index (χ4v) is 3.75. The molecule has 0 spiro atoms. The highest BCUT2D eigenvalue weighted by Gasteiger charge is 2.26. The lowest BCUT2D eigenvalue weighted by molar-refractivity contribution is 0.0606. The maximum Gasteiger partial charge on any atom is 0.351 e. The molecule has 0 saturated carbocycles. The van der Waals surface area contributed by atoms with Gasteiger partial charge in [-0.05, 0) is 25.9 Å². The number of likely N-dealkylation sites (tertiary alicyclic amines) is 1. The summed E-state index contributed by atoms with van der Waals surface area (Å²) < 4.78 is 4.70. The van der Waals surface area contributed by atoms with Crippen LogP contribution in [0.15, 0.2) is 0 Å². The van der Waals surface area contributed by atoms with E-state index in [1.165, 1.54) is 37.8 Å². The Morgan fingerprint density at radius 1 is 1.65 bits per heavy atom. The quantitative estimate of drug-likeness (QED) is 0.781. The van der Waals surface area contributed by atoms with Gasteiger partial charge < -0.3 is 9.64 Å². The van der Waals surface area contributed by atoms with E-state index in [2.05, 4.69) is 21.7 Å². The Kier molecular flexibility index (Phi) is 5.23. The number of aromatic nitrogens is 1. The summed E-state index contributed by atoms with van der Waals surface area (Å²) in [5.74, 6) is -0.428. The first kappa shape index (κ1) is 15.5. The minimum Gasteiger partial charge on any atom is -0.465 e. The number of thiazole rings is 1. The number of likely N-dealkylation sites (N-methyl/N-ethyl adjacent to an activating group) is 2. The van der Waals surface area contributed by atoms with Crippen molar-refractivity contribution in [2.24, 2.45) is 0 Å². The molecule has 1 aliphatic heterocycles. The average Bonchev–Trinajstić information content (AvgIpc) is 3.04. The average molecular weight is 318 g/mol. The molecule has 1 unspecified atom stereocenters. The van der Waals surface area contributed by atoms with E-state index in [0.717, 1.165) is 18.2 Å². The van der Waals surface area contributed by atoms with E-state index in [-0.39, 0.29) is 5.15 Å². The SMILES string of the molecule is CCN1CCCC1CN(C)c1nc(Cl)c(C(=O)OC)s1. The van der Waals surface area contributed by atoms with Crippen molar-refractivity contribution < 1.29 is 9.53 Å². The van der Waals surface area contributed by atoms with Crippen LogP contribution < -0.4 is 4.90 Å². The summed E-state index contributed by atoms with van der Waals surface area (Å²) in [4.78, 5) is 20.7. The van der Waals surface area contributed by atoms with Gasteiger partial charge in [0.25, 0.3) is 0 Å². The highest BCUT2D eigenvalue weighted by atomic mass is 35.5. The summed E-state index contributed by atoms with van der Waals surface area (Å²) in [6.45, 7) is 5.33. The highest BCUT2D eigenvalue weighted by Crippen LogP contribution is 2.30.